The van der Waals surface area contributed by atoms with Crippen molar-refractivity contribution < 1.29 is 0 Å². The lowest BCUT2D eigenvalue weighted by molar-refractivity contribution is 1.32. The third kappa shape index (κ3) is 1.57. The van der Waals surface area contributed by atoms with Gasteiger partial charge in [-0.3, -0.25) is 4.37 Å². The molecule has 74 valence electrons. The first kappa shape index (κ1) is 8.75. The van der Waals surface area contributed by atoms with Crippen molar-refractivity contribution in [1.29, 1.82) is 0 Å². The summed E-state index contributed by atoms with van der Waals surface area (Å²) in [7, 11) is 2.81. The van der Waals surface area contributed by atoms with Crippen LogP contribution in [0.5, 0.6) is 0 Å². The van der Waals surface area contributed by atoms with Crippen LogP contribution < -0.4 is 0 Å². The molecule has 15 heavy (non-hydrogen) atoms. The van der Waals surface area contributed by atoms with Crippen LogP contribution in [-0.2, 0) is 0 Å². The molecule has 3 aromatic rings. The van der Waals surface area contributed by atoms with Crippen molar-refractivity contribution in [2.45, 2.75) is 0 Å². The van der Waals surface area contributed by atoms with E-state index in [1.54, 1.807) is 0 Å². The van der Waals surface area contributed by atoms with E-state index in [2.05, 4.69) is 18.7 Å². The van der Waals surface area contributed by atoms with Gasteiger partial charge in [0.15, 0.2) is 5.65 Å². The van der Waals surface area contributed by atoms with Crippen molar-refractivity contribution in [2.24, 2.45) is 0 Å². The number of fused-ring (bicyclic) bond motifs is 2. The number of aromatic amines is 1. The number of rotatable bonds is 0. The number of hydrogen-bond donors (Lipinski definition) is 1. The average molecular weight is 234 g/mol. The summed E-state index contributed by atoms with van der Waals surface area (Å²) < 4.78 is 7.28. The van der Waals surface area contributed by atoms with Gasteiger partial charge in [0.05, 0.1) is 11.0 Å². The fourth-order valence-corrected chi connectivity index (χ4v) is 2.46. The van der Waals surface area contributed by atoms with E-state index in [4.69, 9.17) is 0 Å². The number of nitrogens with zero attached hydrogens (tertiary/aromatic N) is 3. The molecule has 0 aliphatic rings. The molecule has 0 aliphatic carbocycles. The van der Waals surface area contributed by atoms with Crippen molar-refractivity contribution in [3.63, 3.8) is 0 Å². The van der Waals surface area contributed by atoms with Crippen molar-refractivity contribution in [3.8, 4) is 0 Å². The zero-order valence-corrected chi connectivity index (χ0v) is 9.18. The molecule has 6 heteroatoms. The quantitative estimate of drug-likeness (QED) is 0.608. The van der Waals surface area contributed by atoms with Gasteiger partial charge in [-0.1, -0.05) is 18.2 Å². The maximum Gasteiger partial charge on any atom is 0.210 e. The van der Waals surface area contributed by atoms with E-state index in [1.165, 1.54) is 21.1 Å². The zero-order chi connectivity index (χ0) is 10.1. The number of aromatic nitrogens is 4. The highest BCUT2D eigenvalue weighted by Crippen LogP contribution is 2.13. The number of hydrogen-bond acceptors (Lipinski definition) is 5. The minimum absolute atomic E-state index is 0.664. The Balaban J connectivity index is 2.52. The Morgan fingerprint density at radius 3 is 2.67 bits per heavy atom. The predicted molar refractivity (Wildman–Crippen MR) is 62.6 cm³/mol. The van der Waals surface area contributed by atoms with Crippen molar-refractivity contribution >= 4 is 43.4 Å². The first-order valence-corrected chi connectivity index (χ1v) is 6.44. The van der Waals surface area contributed by atoms with Crippen LogP contribution in [-0.4, -0.2) is 18.7 Å². The maximum atomic E-state index is 4.45. The molecular formula is C9H6N4S2. The third-order valence-corrected chi connectivity index (χ3v) is 3.26. The molecule has 1 N–H and O–H groups in total. The Kier molecular flexibility index (Phi) is 2.08. The summed E-state index contributed by atoms with van der Waals surface area (Å²) in [5.74, 6) is 0. The Hall–Kier alpha value is -1.53. The number of nitrogens with one attached hydrogen (secondary N) is 1. The first-order valence-electron chi connectivity index (χ1n) is 4.33. The van der Waals surface area contributed by atoms with Crippen LogP contribution >= 0.6 is 21.1 Å². The average Bonchev–Trinajstić information content (AvgIpc) is 2.50. The molecule has 0 fully saturated rings. The lowest BCUT2D eigenvalue weighted by atomic mass is 10.4. The predicted octanol–water partition coefficient (Wildman–Crippen LogP) is 2.75. The largest absolute Gasteiger partial charge is 0.282 e. The summed E-state index contributed by atoms with van der Waals surface area (Å²) in [6.07, 6.45) is 0. The highest BCUT2D eigenvalue weighted by molar-refractivity contribution is 7.64. The third-order valence-electron chi connectivity index (χ3n) is 1.96. The van der Waals surface area contributed by atoms with E-state index in [9.17, 15) is 0 Å². The van der Waals surface area contributed by atoms with Crippen molar-refractivity contribution in [2.75, 3.05) is 0 Å². The molecule has 3 rings (SSSR count). The highest BCUT2D eigenvalue weighted by Gasteiger charge is 2.00. The van der Waals surface area contributed by atoms with Gasteiger partial charge in [-0.15, -0.1) is 0 Å². The van der Waals surface area contributed by atoms with Crippen LogP contribution in [0.15, 0.2) is 30.3 Å². The Morgan fingerprint density at radius 2 is 1.80 bits per heavy atom. The molecule has 0 radical (unpaired) electrons. The molecule has 1 aromatic carbocycles. The van der Waals surface area contributed by atoms with Gasteiger partial charge in [0.2, 0.25) is 5.65 Å². The normalized spacial score (nSPS) is 10.7. The van der Waals surface area contributed by atoms with Crippen molar-refractivity contribution in [3.05, 3.63) is 30.3 Å². The molecule has 0 saturated heterocycles. The molecule has 0 spiro atoms. The fraction of sp³-hybridized carbons (Fsp3) is 0. The molecule has 4 nitrogen and oxygen atoms in total. The summed E-state index contributed by atoms with van der Waals surface area (Å²) >= 11 is 0. The topological polar surface area (TPSA) is 54.5 Å². The summed E-state index contributed by atoms with van der Waals surface area (Å²) in [6.45, 7) is 0. The van der Waals surface area contributed by atoms with Crippen molar-refractivity contribution in [1.82, 2.24) is 18.7 Å². The highest BCUT2D eigenvalue weighted by atomic mass is 32.9. The van der Waals surface area contributed by atoms with Crippen LogP contribution in [0.4, 0.5) is 0 Å². The SMILES string of the molecule is c1ccc2nc3nss[nH]c3nc2cc1. The maximum absolute atomic E-state index is 4.45. The van der Waals surface area contributed by atoms with E-state index < -0.39 is 0 Å². The summed E-state index contributed by atoms with van der Waals surface area (Å²) in [5, 5.41) is 0. The lowest BCUT2D eigenvalue weighted by Gasteiger charge is -1.95. The van der Waals surface area contributed by atoms with Gasteiger partial charge in [-0.25, -0.2) is 9.97 Å². The fourth-order valence-electron chi connectivity index (χ4n) is 1.30. The van der Waals surface area contributed by atoms with Gasteiger partial charge in [0, 0.05) is 21.1 Å². The van der Waals surface area contributed by atoms with Gasteiger partial charge in [0.1, 0.15) is 0 Å². The van der Waals surface area contributed by atoms with Gasteiger partial charge in [0.25, 0.3) is 0 Å². The summed E-state index contributed by atoms with van der Waals surface area (Å²) in [4.78, 5) is 8.88. The second kappa shape index (κ2) is 3.56. The standard InChI is InChI=1S/C9H6N4S2/c1-2-4-6-7(5-3-1)11-9-8(10-6)12-14-15-13-9/h1-5H,(H,10,12). The van der Waals surface area contributed by atoms with Crippen LogP contribution in [0, 0.1) is 0 Å². The Bertz CT molecular complexity index is 595. The van der Waals surface area contributed by atoms with Gasteiger partial charge < -0.3 is 0 Å². The molecule has 0 aliphatic heterocycles. The van der Waals surface area contributed by atoms with Crippen LogP contribution in [0.3, 0.4) is 0 Å². The van der Waals surface area contributed by atoms with E-state index in [0.717, 1.165) is 16.7 Å². The van der Waals surface area contributed by atoms with Crippen LogP contribution in [0.2, 0.25) is 0 Å². The second-order valence-electron chi connectivity index (χ2n) is 2.93. The monoisotopic (exact) mass is 234 g/mol. The zero-order valence-electron chi connectivity index (χ0n) is 7.54. The minimum atomic E-state index is 0.664. The van der Waals surface area contributed by atoms with Crippen LogP contribution in [0.25, 0.3) is 22.3 Å². The lowest BCUT2D eigenvalue weighted by Crippen LogP contribution is -1.87. The molecule has 0 unspecified atom stereocenters. The Labute approximate surface area is 92.6 Å². The Morgan fingerprint density at radius 1 is 1.00 bits per heavy atom. The van der Waals surface area contributed by atoms with Gasteiger partial charge in [-0.2, -0.15) is 4.37 Å². The smallest absolute Gasteiger partial charge is 0.210 e. The van der Waals surface area contributed by atoms with Gasteiger partial charge in [-0.05, 0) is 12.1 Å². The molecule has 0 amide bonds. The molecule has 2 aromatic heterocycles. The van der Waals surface area contributed by atoms with E-state index in [-0.39, 0.29) is 0 Å². The van der Waals surface area contributed by atoms with E-state index in [1.807, 2.05) is 30.3 Å². The van der Waals surface area contributed by atoms with E-state index >= 15 is 0 Å². The number of H-pyrrole nitrogens is 1. The second-order valence-corrected chi connectivity index (χ2v) is 4.58. The van der Waals surface area contributed by atoms with Gasteiger partial charge >= 0.3 is 0 Å². The summed E-state index contributed by atoms with van der Waals surface area (Å²) in [6, 6.07) is 9.73. The molecule has 0 saturated carbocycles. The molecule has 2 heterocycles. The molecule has 0 atom stereocenters. The first-order chi connectivity index (χ1) is 7.43. The molecular weight excluding hydrogens is 228 g/mol. The minimum Gasteiger partial charge on any atom is -0.282 e. The summed E-state index contributed by atoms with van der Waals surface area (Å²) in [5.41, 5.74) is 3.13. The van der Waals surface area contributed by atoms with Crippen LogP contribution in [0.1, 0.15) is 0 Å². The van der Waals surface area contributed by atoms with E-state index in [0.29, 0.717) is 5.65 Å². The molecule has 0 bridgehead atoms.